The number of aliphatic hydroxyl groups excluding tert-OH is 1. The molecular formula is C18H21N3O3. The number of anilines is 1. The van der Waals surface area contributed by atoms with Crippen molar-refractivity contribution in [2.45, 2.75) is 25.9 Å². The maximum atomic E-state index is 12.1. The van der Waals surface area contributed by atoms with Crippen molar-refractivity contribution >= 4 is 11.8 Å². The fraction of sp³-hybridized carbons (Fsp3) is 0.389. The zero-order valence-electron chi connectivity index (χ0n) is 13.6. The number of rotatable bonds is 4. The summed E-state index contributed by atoms with van der Waals surface area (Å²) in [6.45, 7) is 2.62. The summed E-state index contributed by atoms with van der Waals surface area (Å²) in [5, 5.41) is 28.6. The fourth-order valence-corrected chi connectivity index (χ4v) is 3.26. The van der Waals surface area contributed by atoms with Crippen molar-refractivity contribution in [1.82, 2.24) is 10.2 Å². The largest absolute Gasteiger partial charge is 0.481 e. The average molecular weight is 327 g/mol. The number of aliphatic hydroxyl groups is 1. The van der Waals surface area contributed by atoms with E-state index in [0.717, 1.165) is 11.3 Å². The number of carbonyl (C=O) groups is 1. The number of nitrogens with zero attached hydrogens (tertiary/aromatic N) is 3. The van der Waals surface area contributed by atoms with Gasteiger partial charge in [-0.05, 0) is 37.5 Å². The molecule has 6 heteroatoms. The topological polar surface area (TPSA) is 86.5 Å². The lowest BCUT2D eigenvalue weighted by atomic mass is 9.73. The summed E-state index contributed by atoms with van der Waals surface area (Å²) in [6, 6.07) is 13.1. The molecule has 1 aromatic heterocycles. The van der Waals surface area contributed by atoms with E-state index in [-0.39, 0.29) is 13.0 Å². The molecule has 126 valence electrons. The molecular weight excluding hydrogens is 306 g/mol. The van der Waals surface area contributed by atoms with Gasteiger partial charge in [-0.25, -0.2) is 0 Å². The Kier molecular flexibility index (Phi) is 4.49. The summed E-state index contributed by atoms with van der Waals surface area (Å²) in [4.78, 5) is 14.0. The van der Waals surface area contributed by atoms with Crippen LogP contribution in [0.5, 0.6) is 0 Å². The van der Waals surface area contributed by atoms with E-state index in [1.165, 1.54) is 0 Å². The SMILES string of the molecule is Cc1ccc(N2CC[C@H](O)[C@](Cc3ccccc3)(C(=O)O)C2)nn1. The number of carboxylic acids is 1. The van der Waals surface area contributed by atoms with Crippen LogP contribution in [0.15, 0.2) is 42.5 Å². The molecule has 2 atom stereocenters. The summed E-state index contributed by atoms with van der Waals surface area (Å²) in [5.41, 5.74) is 0.451. The molecule has 2 N–H and O–H groups in total. The molecule has 6 nitrogen and oxygen atoms in total. The van der Waals surface area contributed by atoms with E-state index in [4.69, 9.17) is 0 Å². The Bertz CT molecular complexity index is 705. The highest BCUT2D eigenvalue weighted by molar-refractivity contribution is 5.77. The predicted octanol–water partition coefficient (Wildman–Crippen LogP) is 1.67. The quantitative estimate of drug-likeness (QED) is 0.888. The van der Waals surface area contributed by atoms with E-state index < -0.39 is 17.5 Å². The average Bonchev–Trinajstić information content (AvgIpc) is 2.58. The third-order valence-electron chi connectivity index (χ3n) is 4.68. The third-order valence-corrected chi connectivity index (χ3v) is 4.68. The van der Waals surface area contributed by atoms with Gasteiger partial charge in [0, 0.05) is 13.1 Å². The normalized spacial score (nSPS) is 23.9. The van der Waals surface area contributed by atoms with Crippen LogP contribution in [-0.4, -0.2) is 45.6 Å². The van der Waals surface area contributed by atoms with Gasteiger partial charge in [0.15, 0.2) is 5.82 Å². The summed E-state index contributed by atoms with van der Waals surface area (Å²) in [6.07, 6.45) is -0.237. The standard InChI is InChI=1S/C18H21N3O3/c1-13-7-8-16(20-19-13)21-10-9-15(22)18(12-21,17(23)24)11-14-5-3-2-4-6-14/h2-8,15,22H,9-12H2,1H3,(H,23,24)/t15-,18+/m0/s1. The maximum Gasteiger partial charge on any atom is 0.314 e. The van der Waals surface area contributed by atoms with Crippen molar-refractivity contribution in [3.8, 4) is 0 Å². The van der Waals surface area contributed by atoms with Crippen LogP contribution in [0.2, 0.25) is 0 Å². The first kappa shape index (κ1) is 16.4. The van der Waals surface area contributed by atoms with Crippen molar-refractivity contribution in [3.05, 3.63) is 53.7 Å². The first-order chi connectivity index (χ1) is 11.5. The van der Waals surface area contributed by atoms with E-state index >= 15 is 0 Å². The van der Waals surface area contributed by atoms with Crippen molar-refractivity contribution in [3.63, 3.8) is 0 Å². The van der Waals surface area contributed by atoms with Crippen LogP contribution in [0.3, 0.4) is 0 Å². The Morgan fingerprint density at radius 2 is 2.00 bits per heavy atom. The monoisotopic (exact) mass is 327 g/mol. The first-order valence-electron chi connectivity index (χ1n) is 8.02. The van der Waals surface area contributed by atoms with Crippen molar-refractivity contribution in [2.24, 2.45) is 5.41 Å². The molecule has 1 aliphatic rings. The lowest BCUT2D eigenvalue weighted by Gasteiger charge is -2.43. The molecule has 2 aromatic rings. The molecule has 1 aromatic carbocycles. The molecule has 0 bridgehead atoms. The van der Waals surface area contributed by atoms with Crippen molar-refractivity contribution in [1.29, 1.82) is 0 Å². The molecule has 0 radical (unpaired) electrons. The first-order valence-corrected chi connectivity index (χ1v) is 8.02. The van der Waals surface area contributed by atoms with Crippen LogP contribution in [0.1, 0.15) is 17.7 Å². The van der Waals surface area contributed by atoms with E-state index in [9.17, 15) is 15.0 Å². The molecule has 0 saturated carbocycles. The second kappa shape index (κ2) is 6.57. The summed E-state index contributed by atoms with van der Waals surface area (Å²) in [7, 11) is 0. The van der Waals surface area contributed by atoms with Gasteiger partial charge >= 0.3 is 5.97 Å². The van der Waals surface area contributed by atoms with Crippen LogP contribution >= 0.6 is 0 Å². The number of hydrogen-bond acceptors (Lipinski definition) is 5. The van der Waals surface area contributed by atoms with E-state index in [2.05, 4.69) is 10.2 Å². The molecule has 0 aliphatic carbocycles. The van der Waals surface area contributed by atoms with Gasteiger partial charge in [-0.2, -0.15) is 5.10 Å². The Morgan fingerprint density at radius 1 is 1.25 bits per heavy atom. The molecule has 24 heavy (non-hydrogen) atoms. The van der Waals surface area contributed by atoms with Gasteiger partial charge in [-0.3, -0.25) is 4.79 Å². The molecule has 0 amide bonds. The smallest absolute Gasteiger partial charge is 0.314 e. The number of carboxylic acid groups (broad SMARTS) is 1. The number of benzene rings is 1. The lowest BCUT2D eigenvalue weighted by molar-refractivity contribution is -0.157. The molecule has 0 spiro atoms. The number of aromatic nitrogens is 2. The van der Waals surface area contributed by atoms with Gasteiger partial charge in [-0.1, -0.05) is 30.3 Å². The van der Waals surface area contributed by atoms with Crippen LogP contribution in [0.25, 0.3) is 0 Å². The highest BCUT2D eigenvalue weighted by Crippen LogP contribution is 2.36. The molecule has 1 fully saturated rings. The third kappa shape index (κ3) is 3.10. The highest BCUT2D eigenvalue weighted by Gasteiger charge is 2.49. The van der Waals surface area contributed by atoms with Gasteiger partial charge in [-0.15, -0.1) is 5.10 Å². The minimum Gasteiger partial charge on any atom is -0.481 e. The van der Waals surface area contributed by atoms with E-state index in [0.29, 0.717) is 18.8 Å². The fourth-order valence-electron chi connectivity index (χ4n) is 3.26. The summed E-state index contributed by atoms with van der Waals surface area (Å²) < 4.78 is 0. The van der Waals surface area contributed by atoms with E-state index in [1.54, 1.807) is 0 Å². The molecule has 2 heterocycles. The highest BCUT2D eigenvalue weighted by atomic mass is 16.4. The van der Waals surface area contributed by atoms with Crippen molar-refractivity contribution < 1.29 is 15.0 Å². The van der Waals surface area contributed by atoms with Gasteiger partial charge in [0.05, 0.1) is 11.8 Å². The Labute approximate surface area is 140 Å². The zero-order valence-corrected chi connectivity index (χ0v) is 13.6. The minimum atomic E-state index is -1.26. The number of aliphatic carboxylic acids is 1. The molecule has 3 rings (SSSR count). The van der Waals surface area contributed by atoms with Crippen LogP contribution < -0.4 is 4.90 Å². The number of aryl methyl sites for hydroxylation is 1. The summed E-state index contributed by atoms with van der Waals surface area (Å²) >= 11 is 0. The molecule has 0 unspecified atom stereocenters. The number of hydrogen-bond donors (Lipinski definition) is 2. The zero-order chi connectivity index (χ0) is 17.2. The Balaban J connectivity index is 1.91. The Hall–Kier alpha value is -2.47. The van der Waals surface area contributed by atoms with Crippen LogP contribution in [0, 0.1) is 12.3 Å². The van der Waals surface area contributed by atoms with Gasteiger partial charge in [0.1, 0.15) is 5.41 Å². The maximum absolute atomic E-state index is 12.1. The lowest BCUT2D eigenvalue weighted by Crippen LogP contribution is -2.57. The van der Waals surface area contributed by atoms with Crippen LogP contribution in [-0.2, 0) is 11.2 Å². The van der Waals surface area contributed by atoms with Crippen LogP contribution in [0.4, 0.5) is 5.82 Å². The second-order valence-electron chi connectivity index (χ2n) is 6.38. The number of piperidine rings is 1. The minimum absolute atomic E-state index is 0.204. The second-order valence-corrected chi connectivity index (χ2v) is 6.38. The van der Waals surface area contributed by atoms with Gasteiger partial charge < -0.3 is 15.1 Å². The Morgan fingerprint density at radius 3 is 2.62 bits per heavy atom. The van der Waals surface area contributed by atoms with Crippen molar-refractivity contribution in [2.75, 3.05) is 18.0 Å². The van der Waals surface area contributed by atoms with E-state index in [1.807, 2.05) is 54.3 Å². The molecule has 1 saturated heterocycles. The van der Waals surface area contributed by atoms with Gasteiger partial charge in [0.25, 0.3) is 0 Å². The molecule has 1 aliphatic heterocycles. The predicted molar refractivity (Wildman–Crippen MR) is 89.8 cm³/mol. The van der Waals surface area contributed by atoms with Gasteiger partial charge in [0.2, 0.25) is 0 Å². The summed E-state index contributed by atoms with van der Waals surface area (Å²) in [5.74, 6) is -0.338.